The predicted octanol–water partition coefficient (Wildman–Crippen LogP) is 3.19. The fraction of sp³-hybridized carbons (Fsp3) is 0.154. The number of carbonyl (C=O) groups excluding carboxylic acids is 2. The third-order valence-electron chi connectivity index (χ3n) is 5.95. The van der Waals surface area contributed by atoms with Gasteiger partial charge in [0.2, 0.25) is 0 Å². The smallest absolute Gasteiger partial charge is 0.319 e. The van der Waals surface area contributed by atoms with Crippen LogP contribution in [0.5, 0.6) is 0 Å². The maximum absolute atomic E-state index is 13.8. The molecule has 1 atom stereocenters. The molecule has 0 radical (unpaired) electrons. The van der Waals surface area contributed by atoms with Crippen LogP contribution in [0.3, 0.4) is 0 Å². The first-order valence-corrected chi connectivity index (χ1v) is 10.7. The largest absolute Gasteiger partial charge is 0.325 e. The summed E-state index contributed by atoms with van der Waals surface area (Å²) in [5, 5.41) is 2.94. The molecule has 4 aromatic rings. The number of imide groups is 1. The van der Waals surface area contributed by atoms with Crippen molar-refractivity contribution in [2.75, 3.05) is 0 Å². The van der Waals surface area contributed by atoms with Crippen LogP contribution in [0.2, 0.25) is 0 Å². The van der Waals surface area contributed by atoms with E-state index >= 15 is 0 Å². The maximum Gasteiger partial charge on any atom is 0.325 e. The van der Waals surface area contributed by atoms with Crippen molar-refractivity contribution in [2.45, 2.75) is 25.4 Å². The molecule has 2 aromatic carbocycles. The van der Waals surface area contributed by atoms with Gasteiger partial charge < -0.3 is 5.32 Å². The SMILES string of the molecule is Cc1ccn2c(=O)cc(CN3C(=O)N[C@](Cc4ccccc4)(c4ccccc4)C3=O)nc2c1. The summed E-state index contributed by atoms with van der Waals surface area (Å²) in [7, 11) is 0. The lowest BCUT2D eigenvalue weighted by atomic mass is 9.83. The first kappa shape index (κ1) is 20.6. The maximum atomic E-state index is 13.8. The molecule has 7 heteroatoms. The summed E-state index contributed by atoms with van der Waals surface area (Å²) in [5.41, 5.74) is 1.93. The van der Waals surface area contributed by atoms with E-state index in [1.807, 2.05) is 73.7 Å². The van der Waals surface area contributed by atoms with Crippen LogP contribution in [0.1, 0.15) is 22.4 Å². The molecule has 0 aliphatic carbocycles. The van der Waals surface area contributed by atoms with E-state index in [4.69, 9.17) is 0 Å². The number of nitrogens with one attached hydrogen (secondary N) is 1. The molecule has 5 rings (SSSR count). The number of fused-ring (bicyclic) bond motifs is 1. The molecule has 1 aliphatic rings. The minimum atomic E-state index is -1.23. The molecule has 1 saturated heterocycles. The van der Waals surface area contributed by atoms with Crippen LogP contribution in [0.25, 0.3) is 5.65 Å². The summed E-state index contributed by atoms with van der Waals surface area (Å²) < 4.78 is 1.44. The van der Waals surface area contributed by atoms with Gasteiger partial charge in [-0.3, -0.25) is 18.9 Å². The van der Waals surface area contributed by atoms with Crippen LogP contribution in [-0.2, 0) is 23.3 Å². The van der Waals surface area contributed by atoms with Gasteiger partial charge in [-0.1, -0.05) is 60.7 Å². The second-order valence-corrected chi connectivity index (χ2v) is 8.27. The first-order valence-electron chi connectivity index (χ1n) is 10.7. The minimum Gasteiger partial charge on any atom is -0.319 e. The van der Waals surface area contributed by atoms with Crippen molar-refractivity contribution in [3.8, 4) is 0 Å². The first-order chi connectivity index (χ1) is 16.0. The van der Waals surface area contributed by atoms with Gasteiger partial charge in [-0.2, -0.15) is 0 Å². The molecule has 3 heterocycles. The van der Waals surface area contributed by atoms with Gasteiger partial charge in [0.15, 0.2) is 5.54 Å². The van der Waals surface area contributed by atoms with Gasteiger partial charge in [0.25, 0.3) is 11.5 Å². The van der Waals surface area contributed by atoms with Gasteiger partial charge in [0, 0.05) is 18.7 Å². The Balaban J connectivity index is 1.54. The molecule has 2 aromatic heterocycles. The normalized spacial score (nSPS) is 18.0. The van der Waals surface area contributed by atoms with Crippen LogP contribution < -0.4 is 10.9 Å². The third-order valence-corrected chi connectivity index (χ3v) is 5.95. The second kappa shape index (κ2) is 8.02. The van der Waals surface area contributed by atoms with Gasteiger partial charge >= 0.3 is 6.03 Å². The zero-order chi connectivity index (χ0) is 23.0. The van der Waals surface area contributed by atoms with Gasteiger partial charge in [-0.05, 0) is 35.7 Å². The Bertz CT molecular complexity index is 1420. The van der Waals surface area contributed by atoms with E-state index < -0.39 is 11.6 Å². The number of carbonyl (C=O) groups is 2. The lowest BCUT2D eigenvalue weighted by molar-refractivity contribution is -0.132. The highest BCUT2D eigenvalue weighted by Crippen LogP contribution is 2.33. The monoisotopic (exact) mass is 438 g/mol. The highest BCUT2D eigenvalue weighted by atomic mass is 16.2. The lowest BCUT2D eigenvalue weighted by Crippen LogP contribution is -2.46. The quantitative estimate of drug-likeness (QED) is 0.485. The van der Waals surface area contributed by atoms with Crippen molar-refractivity contribution >= 4 is 17.6 Å². The molecule has 3 amide bonds. The van der Waals surface area contributed by atoms with Crippen LogP contribution in [0.4, 0.5) is 4.79 Å². The fourth-order valence-corrected chi connectivity index (χ4v) is 4.31. The number of hydrogen-bond donors (Lipinski definition) is 1. The van der Waals surface area contributed by atoms with Gasteiger partial charge in [-0.25, -0.2) is 9.78 Å². The highest BCUT2D eigenvalue weighted by molar-refractivity contribution is 6.07. The van der Waals surface area contributed by atoms with E-state index in [0.29, 0.717) is 23.3 Å². The number of pyridine rings is 1. The second-order valence-electron chi connectivity index (χ2n) is 8.27. The van der Waals surface area contributed by atoms with Crippen molar-refractivity contribution in [2.24, 2.45) is 0 Å². The third kappa shape index (κ3) is 3.67. The van der Waals surface area contributed by atoms with Crippen molar-refractivity contribution in [3.63, 3.8) is 0 Å². The van der Waals surface area contributed by atoms with E-state index in [9.17, 15) is 14.4 Å². The molecule has 1 aliphatic heterocycles. The Morgan fingerprint density at radius 3 is 2.33 bits per heavy atom. The standard InChI is InChI=1S/C26H22N4O3/c1-18-12-13-29-22(14-18)27-21(15-23(29)31)17-30-24(32)26(28-25(30)33,20-10-6-3-7-11-20)16-19-8-4-2-5-9-19/h2-15H,16-17H2,1H3,(H,28,33)/t26-/m1/s1. The Hall–Kier alpha value is -4.26. The summed E-state index contributed by atoms with van der Waals surface area (Å²) in [6, 6.07) is 23.3. The molecule has 1 N–H and O–H groups in total. The number of hydrogen-bond acceptors (Lipinski definition) is 4. The van der Waals surface area contributed by atoms with E-state index in [2.05, 4.69) is 10.3 Å². The van der Waals surface area contributed by atoms with Crippen molar-refractivity contribution in [1.29, 1.82) is 0 Å². The molecule has 0 spiro atoms. The highest BCUT2D eigenvalue weighted by Gasteiger charge is 2.52. The van der Waals surface area contributed by atoms with Crippen molar-refractivity contribution in [3.05, 3.63) is 118 Å². The Labute approximate surface area is 190 Å². The van der Waals surface area contributed by atoms with Crippen LogP contribution >= 0.6 is 0 Å². The number of nitrogens with zero attached hydrogens (tertiary/aromatic N) is 3. The predicted molar refractivity (Wildman–Crippen MR) is 124 cm³/mol. The molecule has 0 saturated carbocycles. The molecule has 0 bridgehead atoms. The number of aromatic nitrogens is 2. The van der Waals surface area contributed by atoms with E-state index in [0.717, 1.165) is 16.0 Å². The molecular formula is C26H22N4O3. The van der Waals surface area contributed by atoms with Crippen molar-refractivity contribution < 1.29 is 9.59 Å². The lowest BCUT2D eigenvalue weighted by Gasteiger charge is -2.27. The molecular weight excluding hydrogens is 416 g/mol. The zero-order valence-corrected chi connectivity index (χ0v) is 18.1. The summed E-state index contributed by atoms with van der Waals surface area (Å²) in [6.07, 6.45) is 1.98. The van der Waals surface area contributed by atoms with E-state index in [1.165, 1.54) is 10.5 Å². The Kier molecular flexibility index (Phi) is 5.01. The van der Waals surface area contributed by atoms with Crippen LogP contribution in [0, 0.1) is 6.92 Å². The van der Waals surface area contributed by atoms with Gasteiger partial charge in [-0.15, -0.1) is 0 Å². The summed E-state index contributed by atoms with van der Waals surface area (Å²) in [5.74, 6) is -0.367. The van der Waals surface area contributed by atoms with Gasteiger partial charge in [0.1, 0.15) is 5.65 Å². The topological polar surface area (TPSA) is 83.8 Å². The van der Waals surface area contributed by atoms with Crippen molar-refractivity contribution in [1.82, 2.24) is 19.6 Å². The molecule has 1 fully saturated rings. The average Bonchev–Trinajstić information content (AvgIpc) is 3.05. The van der Waals surface area contributed by atoms with E-state index in [1.54, 1.807) is 12.3 Å². The summed E-state index contributed by atoms with van der Waals surface area (Å²) >= 11 is 0. The summed E-state index contributed by atoms with van der Waals surface area (Å²) in [6.45, 7) is 1.82. The molecule has 0 unspecified atom stereocenters. The number of urea groups is 1. The van der Waals surface area contributed by atoms with E-state index in [-0.39, 0.29) is 18.0 Å². The zero-order valence-electron chi connectivity index (χ0n) is 18.1. The van der Waals surface area contributed by atoms with Crippen LogP contribution in [0.15, 0.2) is 89.9 Å². The number of benzene rings is 2. The average molecular weight is 438 g/mol. The minimum absolute atomic E-state index is 0.0896. The van der Waals surface area contributed by atoms with Crippen LogP contribution in [-0.4, -0.2) is 26.2 Å². The Morgan fingerprint density at radius 1 is 0.909 bits per heavy atom. The Morgan fingerprint density at radius 2 is 1.61 bits per heavy atom. The fourth-order valence-electron chi connectivity index (χ4n) is 4.31. The molecule has 33 heavy (non-hydrogen) atoms. The summed E-state index contributed by atoms with van der Waals surface area (Å²) in [4.78, 5) is 45.1. The molecule has 7 nitrogen and oxygen atoms in total. The van der Waals surface area contributed by atoms with Gasteiger partial charge in [0.05, 0.1) is 12.2 Å². The number of aryl methyl sites for hydroxylation is 1. The number of amides is 3. The molecule has 164 valence electrons. The number of rotatable bonds is 5.